The molecule has 0 fully saturated rings. The Labute approximate surface area is 81.8 Å². The van der Waals surface area contributed by atoms with Crippen molar-refractivity contribution in [3.05, 3.63) is 12.4 Å². The van der Waals surface area contributed by atoms with Crippen molar-refractivity contribution >= 4 is 0 Å². The second kappa shape index (κ2) is 5.12. The summed E-state index contributed by atoms with van der Waals surface area (Å²) < 4.78 is 0. The van der Waals surface area contributed by atoms with Crippen LogP contribution in [0.4, 0.5) is 0 Å². The predicted molar refractivity (Wildman–Crippen MR) is 58.0 cm³/mol. The Hall–Kier alpha value is -0.700. The van der Waals surface area contributed by atoms with Crippen LogP contribution in [0.3, 0.4) is 0 Å². The van der Waals surface area contributed by atoms with Crippen molar-refractivity contribution in [3.63, 3.8) is 0 Å². The summed E-state index contributed by atoms with van der Waals surface area (Å²) in [6.45, 7) is 10.3. The number of hydrogen-bond donors (Lipinski definition) is 3. The van der Waals surface area contributed by atoms with Crippen molar-refractivity contribution in [2.45, 2.75) is 39.8 Å². The first kappa shape index (κ1) is 12.3. The van der Waals surface area contributed by atoms with Crippen molar-refractivity contribution in [1.29, 1.82) is 0 Å². The summed E-state index contributed by atoms with van der Waals surface area (Å²) in [5.41, 5.74) is 5.83. The molecule has 0 saturated heterocycles. The van der Waals surface area contributed by atoms with Gasteiger partial charge in [0.1, 0.15) is 0 Å². The van der Waals surface area contributed by atoms with Gasteiger partial charge < -0.3 is 16.4 Å². The van der Waals surface area contributed by atoms with Crippen LogP contribution in [0.5, 0.6) is 0 Å². The van der Waals surface area contributed by atoms with Gasteiger partial charge in [-0.1, -0.05) is 27.4 Å². The van der Waals surface area contributed by atoms with Gasteiger partial charge in [0.2, 0.25) is 0 Å². The third-order valence-corrected chi connectivity index (χ3v) is 1.89. The van der Waals surface area contributed by atoms with Crippen molar-refractivity contribution < 1.29 is 0 Å². The summed E-state index contributed by atoms with van der Waals surface area (Å²) in [5.74, 6) is 0.522. The van der Waals surface area contributed by atoms with Gasteiger partial charge in [-0.2, -0.15) is 0 Å². The third-order valence-electron chi connectivity index (χ3n) is 1.89. The average molecular weight is 185 g/mol. The number of hydrogen-bond acceptors (Lipinski definition) is 3. The van der Waals surface area contributed by atoms with E-state index in [1.54, 1.807) is 0 Å². The zero-order valence-corrected chi connectivity index (χ0v) is 9.28. The molecule has 4 N–H and O–H groups in total. The lowest BCUT2D eigenvalue weighted by atomic mass is 9.90. The minimum atomic E-state index is 0.233. The molecule has 0 aliphatic rings. The SMILES string of the molecule is C=C(N)NC(CCC(C)(C)C)NC. The minimum absolute atomic E-state index is 0.233. The highest BCUT2D eigenvalue weighted by molar-refractivity contribution is 4.85. The average Bonchev–Trinajstić information content (AvgIpc) is 1.95. The zero-order chi connectivity index (χ0) is 10.5. The Morgan fingerprint density at radius 1 is 1.46 bits per heavy atom. The van der Waals surface area contributed by atoms with Gasteiger partial charge in [-0.05, 0) is 25.3 Å². The summed E-state index contributed by atoms with van der Waals surface area (Å²) in [6.07, 6.45) is 2.44. The van der Waals surface area contributed by atoms with Crippen LogP contribution >= 0.6 is 0 Å². The van der Waals surface area contributed by atoms with E-state index in [1.807, 2.05) is 7.05 Å². The molecule has 0 amide bonds. The molecule has 0 heterocycles. The first-order chi connectivity index (χ1) is 5.85. The molecular formula is C10H23N3. The fourth-order valence-electron chi connectivity index (χ4n) is 1.09. The molecule has 1 unspecified atom stereocenters. The maximum atomic E-state index is 5.46. The van der Waals surface area contributed by atoms with Crippen LogP contribution in [0.2, 0.25) is 0 Å². The molecule has 0 aromatic rings. The Morgan fingerprint density at radius 2 is 2.00 bits per heavy atom. The summed E-state index contributed by atoms with van der Waals surface area (Å²) in [6, 6.07) is 0. The molecule has 0 spiro atoms. The molecule has 0 rings (SSSR count). The maximum absolute atomic E-state index is 5.46. The largest absolute Gasteiger partial charge is 0.386 e. The van der Waals surface area contributed by atoms with Crippen LogP contribution < -0.4 is 16.4 Å². The van der Waals surface area contributed by atoms with Crippen LogP contribution in [0.15, 0.2) is 12.4 Å². The minimum Gasteiger partial charge on any atom is -0.386 e. The Balaban J connectivity index is 3.79. The van der Waals surface area contributed by atoms with Crippen LogP contribution in [0, 0.1) is 5.41 Å². The van der Waals surface area contributed by atoms with Crippen LogP contribution in [0.25, 0.3) is 0 Å². The number of nitrogens with one attached hydrogen (secondary N) is 2. The zero-order valence-electron chi connectivity index (χ0n) is 9.28. The van der Waals surface area contributed by atoms with E-state index in [-0.39, 0.29) is 6.17 Å². The van der Waals surface area contributed by atoms with Crippen molar-refractivity contribution in [2.75, 3.05) is 7.05 Å². The smallest absolute Gasteiger partial charge is 0.0898 e. The quantitative estimate of drug-likeness (QED) is 0.567. The molecule has 78 valence electrons. The second-order valence-electron chi connectivity index (χ2n) is 4.61. The summed E-state index contributed by atoms with van der Waals surface area (Å²) in [7, 11) is 1.92. The van der Waals surface area contributed by atoms with Crippen molar-refractivity contribution in [1.82, 2.24) is 10.6 Å². The molecule has 3 heteroatoms. The first-order valence-corrected chi connectivity index (χ1v) is 4.73. The van der Waals surface area contributed by atoms with E-state index in [1.165, 1.54) is 0 Å². The van der Waals surface area contributed by atoms with Crippen LogP contribution in [-0.4, -0.2) is 13.2 Å². The number of rotatable bonds is 5. The van der Waals surface area contributed by atoms with Gasteiger partial charge in [-0.15, -0.1) is 0 Å². The molecule has 0 aromatic carbocycles. The van der Waals surface area contributed by atoms with E-state index in [4.69, 9.17) is 5.73 Å². The topological polar surface area (TPSA) is 50.1 Å². The molecule has 0 bridgehead atoms. The van der Waals surface area contributed by atoms with Gasteiger partial charge in [-0.25, -0.2) is 0 Å². The normalized spacial score (nSPS) is 13.8. The summed E-state index contributed by atoms with van der Waals surface area (Å²) >= 11 is 0. The van der Waals surface area contributed by atoms with Crippen molar-refractivity contribution in [3.8, 4) is 0 Å². The van der Waals surface area contributed by atoms with Crippen molar-refractivity contribution in [2.24, 2.45) is 11.1 Å². The molecule has 13 heavy (non-hydrogen) atoms. The molecular weight excluding hydrogens is 162 g/mol. The molecule has 0 aliphatic carbocycles. The highest BCUT2D eigenvalue weighted by atomic mass is 15.1. The molecule has 0 radical (unpaired) electrons. The van der Waals surface area contributed by atoms with E-state index in [0.29, 0.717) is 11.2 Å². The monoisotopic (exact) mass is 185 g/mol. The Kier molecular flexibility index (Phi) is 4.85. The van der Waals surface area contributed by atoms with Gasteiger partial charge >= 0.3 is 0 Å². The van der Waals surface area contributed by atoms with Gasteiger partial charge in [0, 0.05) is 0 Å². The summed E-state index contributed by atoms with van der Waals surface area (Å²) in [5, 5.41) is 6.23. The summed E-state index contributed by atoms with van der Waals surface area (Å²) in [4.78, 5) is 0. The van der Waals surface area contributed by atoms with E-state index in [0.717, 1.165) is 12.8 Å². The lowest BCUT2D eigenvalue weighted by Gasteiger charge is -2.24. The molecule has 0 aliphatic heterocycles. The lowest BCUT2D eigenvalue weighted by Crippen LogP contribution is -2.41. The van der Waals surface area contributed by atoms with Crippen LogP contribution in [-0.2, 0) is 0 Å². The van der Waals surface area contributed by atoms with Gasteiger partial charge in [0.15, 0.2) is 0 Å². The standard InChI is InChI=1S/C10H23N3/c1-8(11)13-9(12-5)6-7-10(2,3)4/h9,12-13H,1,6-7,11H2,2-5H3. The Bertz CT molecular complexity index is 158. The van der Waals surface area contributed by atoms with Gasteiger partial charge in [0.05, 0.1) is 12.0 Å². The molecule has 1 atom stereocenters. The van der Waals surface area contributed by atoms with E-state index in [9.17, 15) is 0 Å². The number of nitrogens with two attached hydrogens (primary N) is 1. The van der Waals surface area contributed by atoms with E-state index >= 15 is 0 Å². The van der Waals surface area contributed by atoms with Gasteiger partial charge in [-0.3, -0.25) is 0 Å². The van der Waals surface area contributed by atoms with E-state index < -0.39 is 0 Å². The lowest BCUT2D eigenvalue weighted by molar-refractivity contribution is 0.322. The molecule has 0 saturated carbocycles. The second-order valence-corrected chi connectivity index (χ2v) is 4.61. The first-order valence-electron chi connectivity index (χ1n) is 4.73. The highest BCUT2D eigenvalue weighted by Crippen LogP contribution is 2.20. The van der Waals surface area contributed by atoms with Gasteiger partial charge in [0.25, 0.3) is 0 Å². The maximum Gasteiger partial charge on any atom is 0.0898 e. The molecule has 3 nitrogen and oxygen atoms in total. The molecule has 0 aromatic heterocycles. The predicted octanol–water partition coefficient (Wildman–Crippen LogP) is 1.38. The fourth-order valence-corrected chi connectivity index (χ4v) is 1.09. The Morgan fingerprint density at radius 3 is 2.31 bits per heavy atom. The van der Waals surface area contributed by atoms with E-state index in [2.05, 4.69) is 38.0 Å². The van der Waals surface area contributed by atoms with Crippen LogP contribution in [0.1, 0.15) is 33.6 Å². The highest BCUT2D eigenvalue weighted by Gasteiger charge is 2.13. The third kappa shape index (κ3) is 7.65. The fraction of sp³-hybridized carbons (Fsp3) is 0.800.